The van der Waals surface area contributed by atoms with Crippen LogP contribution in [0.2, 0.25) is 0 Å². The summed E-state index contributed by atoms with van der Waals surface area (Å²) < 4.78 is 36.2. The summed E-state index contributed by atoms with van der Waals surface area (Å²) in [6.07, 6.45) is 2.47. The van der Waals surface area contributed by atoms with Crippen molar-refractivity contribution < 1.29 is 22.8 Å². The summed E-state index contributed by atoms with van der Waals surface area (Å²) in [5, 5.41) is 3.48. The van der Waals surface area contributed by atoms with Crippen LogP contribution < -0.4 is 10.6 Å². The predicted molar refractivity (Wildman–Crippen MR) is 85.5 cm³/mol. The van der Waals surface area contributed by atoms with E-state index in [4.69, 9.17) is 6.42 Å². The zero-order valence-electron chi connectivity index (χ0n) is 13.4. The first kappa shape index (κ1) is 18.8. The Hall–Kier alpha value is -2.53. The zero-order valence-corrected chi connectivity index (χ0v) is 13.4. The number of benzene rings is 1. The first-order valence-corrected chi connectivity index (χ1v) is 7.70. The molecule has 0 aliphatic heterocycles. The van der Waals surface area contributed by atoms with Gasteiger partial charge in [0, 0.05) is 6.04 Å². The summed E-state index contributed by atoms with van der Waals surface area (Å²) in [6, 6.07) is 6.56. The quantitative estimate of drug-likeness (QED) is 0.796. The van der Waals surface area contributed by atoms with Gasteiger partial charge in [0.25, 0.3) is 0 Å². The molecule has 0 spiro atoms. The molecule has 0 aromatic heterocycles. The van der Waals surface area contributed by atoms with E-state index in [-0.39, 0.29) is 19.1 Å². The number of urea groups is 1. The second kappa shape index (κ2) is 8.03. The number of nitrogens with one attached hydrogen (secondary N) is 2. The standard InChI is InChI=1S/C17H18F3N3O2/c1-2-9-23(14-8-7-12-5-3-4-6-13(12)14)10-15(24)22-16(25)21-11-17(18,19)20/h1,3-6,14H,7-11H2,(H2,21,22,24,25)/t14-/m0/s1. The summed E-state index contributed by atoms with van der Waals surface area (Å²) in [7, 11) is 0. The largest absolute Gasteiger partial charge is 0.405 e. The molecular formula is C17H18F3N3O2. The number of hydrogen-bond acceptors (Lipinski definition) is 3. The van der Waals surface area contributed by atoms with Crippen LogP contribution >= 0.6 is 0 Å². The van der Waals surface area contributed by atoms with Crippen molar-refractivity contribution in [2.45, 2.75) is 25.1 Å². The number of aryl methyl sites for hydroxylation is 1. The number of halogens is 3. The lowest BCUT2D eigenvalue weighted by atomic mass is 10.1. The molecule has 2 N–H and O–H groups in total. The fourth-order valence-corrected chi connectivity index (χ4v) is 2.88. The molecule has 25 heavy (non-hydrogen) atoms. The van der Waals surface area contributed by atoms with Crippen molar-refractivity contribution >= 4 is 11.9 Å². The minimum absolute atomic E-state index is 0.0590. The molecule has 0 saturated carbocycles. The molecular weight excluding hydrogens is 335 g/mol. The third kappa shape index (κ3) is 5.50. The first-order valence-electron chi connectivity index (χ1n) is 7.70. The van der Waals surface area contributed by atoms with E-state index in [0.717, 1.165) is 18.4 Å². The Balaban J connectivity index is 1.95. The molecule has 2 rings (SSSR count). The maximum atomic E-state index is 12.1. The van der Waals surface area contributed by atoms with Crippen LogP contribution in [0.3, 0.4) is 0 Å². The number of imide groups is 1. The van der Waals surface area contributed by atoms with E-state index in [1.54, 1.807) is 10.2 Å². The number of carbonyl (C=O) groups excluding carboxylic acids is 2. The Kier molecular flexibility index (Phi) is 6.04. The van der Waals surface area contributed by atoms with Crippen molar-refractivity contribution in [2.75, 3.05) is 19.6 Å². The summed E-state index contributed by atoms with van der Waals surface area (Å²) >= 11 is 0. The van der Waals surface area contributed by atoms with Gasteiger partial charge in [-0.2, -0.15) is 13.2 Å². The molecule has 0 unspecified atom stereocenters. The molecule has 1 aromatic carbocycles. The molecule has 134 valence electrons. The molecule has 0 saturated heterocycles. The van der Waals surface area contributed by atoms with E-state index < -0.39 is 24.7 Å². The van der Waals surface area contributed by atoms with Crippen molar-refractivity contribution in [2.24, 2.45) is 0 Å². The van der Waals surface area contributed by atoms with Crippen LogP contribution in [0.5, 0.6) is 0 Å². The molecule has 8 heteroatoms. The topological polar surface area (TPSA) is 61.4 Å². The van der Waals surface area contributed by atoms with Gasteiger partial charge in [-0.1, -0.05) is 30.2 Å². The van der Waals surface area contributed by atoms with Gasteiger partial charge < -0.3 is 5.32 Å². The monoisotopic (exact) mass is 353 g/mol. The van der Waals surface area contributed by atoms with Crippen LogP contribution in [0.25, 0.3) is 0 Å². The SMILES string of the molecule is C#CCN(CC(=O)NC(=O)NCC(F)(F)F)[C@H]1CCc2ccccc21. The third-order valence-corrected chi connectivity index (χ3v) is 3.89. The van der Waals surface area contributed by atoms with Gasteiger partial charge in [-0.3, -0.25) is 15.0 Å². The minimum Gasteiger partial charge on any atom is -0.329 e. The zero-order chi connectivity index (χ0) is 18.4. The second-order valence-corrected chi connectivity index (χ2v) is 5.71. The van der Waals surface area contributed by atoms with E-state index in [1.807, 2.05) is 29.6 Å². The first-order chi connectivity index (χ1) is 11.8. The van der Waals surface area contributed by atoms with Gasteiger partial charge in [-0.15, -0.1) is 6.42 Å². The molecule has 0 fully saturated rings. The highest BCUT2D eigenvalue weighted by Crippen LogP contribution is 2.35. The number of alkyl halides is 3. The highest BCUT2D eigenvalue weighted by Gasteiger charge is 2.30. The van der Waals surface area contributed by atoms with E-state index in [2.05, 4.69) is 5.92 Å². The minimum atomic E-state index is -4.54. The Labute approximate surface area is 143 Å². The van der Waals surface area contributed by atoms with Crippen LogP contribution in [0.1, 0.15) is 23.6 Å². The van der Waals surface area contributed by atoms with Crippen molar-refractivity contribution in [3.63, 3.8) is 0 Å². The van der Waals surface area contributed by atoms with Crippen LogP contribution in [-0.4, -0.2) is 42.6 Å². The molecule has 0 radical (unpaired) electrons. The van der Waals surface area contributed by atoms with E-state index >= 15 is 0 Å². The molecule has 1 aliphatic carbocycles. The van der Waals surface area contributed by atoms with E-state index in [9.17, 15) is 22.8 Å². The van der Waals surface area contributed by atoms with Gasteiger partial charge >= 0.3 is 12.2 Å². The Bertz CT molecular complexity index is 682. The Morgan fingerprint density at radius 2 is 2.04 bits per heavy atom. The second-order valence-electron chi connectivity index (χ2n) is 5.71. The van der Waals surface area contributed by atoms with Crippen LogP contribution in [0.15, 0.2) is 24.3 Å². The molecule has 3 amide bonds. The summed E-state index contributed by atoms with van der Waals surface area (Å²) in [5.41, 5.74) is 2.25. The highest BCUT2D eigenvalue weighted by atomic mass is 19.4. The van der Waals surface area contributed by atoms with Crippen molar-refractivity contribution in [1.82, 2.24) is 15.5 Å². The normalized spacial score (nSPS) is 16.2. The maximum absolute atomic E-state index is 12.1. The Morgan fingerprint density at radius 3 is 2.72 bits per heavy atom. The number of rotatable bonds is 5. The Morgan fingerprint density at radius 1 is 1.32 bits per heavy atom. The number of amides is 3. The van der Waals surface area contributed by atoms with Crippen LogP contribution in [0, 0.1) is 12.3 Å². The lowest BCUT2D eigenvalue weighted by Gasteiger charge is -2.27. The molecule has 1 aromatic rings. The highest BCUT2D eigenvalue weighted by molar-refractivity contribution is 5.95. The summed E-state index contributed by atoms with van der Waals surface area (Å²) in [6.45, 7) is -1.49. The van der Waals surface area contributed by atoms with E-state index in [0.29, 0.717) is 0 Å². The number of hydrogen-bond donors (Lipinski definition) is 2. The molecule has 0 heterocycles. The molecule has 0 bridgehead atoms. The number of terminal acetylenes is 1. The summed E-state index contributed by atoms with van der Waals surface area (Å²) in [5.74, 6) is 1.77. The van der Waals surface area contributed by atoms with Crippen molar-refractivity contribution in [3.05, 3.63) is 35.4 Å². The third-order valence-electron chi connectivity index (χ3n) is 3.89. The fraction of sp³-hybridized carbons (Fsp3) is 0.412. The van der Waals surface area contributed by atoms with Gasteiger partial charge in [-0.25, -0.2) is 4.79 Å². The summed E-state index contributed by atoms with van der Waals surface area (Å²) in [4.78, 5) is 25.1. The van der Waals surface area contributed by atoms with Gasteiger partial charge in [0.2, 0.25) is 5.91 Å². The number of carbonyl (C=O) groups is 2. The number of nitrogens with zero attached hydrogens (tertiary/aromatic N) is 1. The van der Waals surface area contributed by atoms with E-state index in [1.165, 1.54) is 5.56 Å². The predicted octanol–water partition coefficient (Wildman–Crippen LogP) is 2.00. The average Bonchev–Trinajstić information content (AvgIpc) is 2.96. The lowest BCUT2D eigenvalue weighted by Crippen LogP contribution is -2.47. The van der Waals surface area contributed by atoms with Crippen LogP contribution in [-0.2, 0) is 11.2 Å². The van der Waals surface area contributed by atoms with Crippen LogP contribution in [0.4, 0.5) is 18.0 Å². The van der Waals surface area contributed by atoms with Gasteiger partial charge in [-0.05, 0) is 24.0 Å². The average molecular weight is 353 g/mol. The van der Waals surface area contributed by atoms with Gasteiger partial charge in [0.1, 0.15) is 6.54 Å². The molecule has 5 nitrogen and oxygen atoms in total. The molecule has 1 atom stereocenters. The van der Waals surface area contributed by atoms with Gasteiger partial charge in [0.15, 0.2) is 0 Å². The van der Waals surface area contributed by atoms with Crippen molar-refractivity contribution in [3.8, 4) is 12.3 Å². The number of fused-ring (bicyclic) bond motifs is 1. The maximum Gasteiger partial charge on any atom is 0.405 e. The van der Waals surface area contributed by atoms with Gasteiger partial charge in [0.05, 0.1) is 13.1 Å². The molecule has 1 aliphatic rings. The smallest absolute Gasteiger partial charge is 0.329 e. The lowest BCUT2D eigenvalue weighted by molar-refractivity contribution is -0.125. The fourth-order valence-electron chi connectivity index (χ4n) is 2.88. The van der Waals surface area contributed by atoms with Crippen molar-refractivity contribution in [1.29, 1.82) is 0 Å².